The minimum Gasteiger partial charge on any atom is -0.497 e. The van der Waals surface area contributed by atoms with Gasteiger partial charge in [0.05, 0.1) is 19.1 Å². The number of urea groups is 1. The molecule has 3 aromatic carbocycles. The number of nitrogens with one attached hydrogen (secondary N) is 2. The van der Waals surface area contributed by atoms with Crippen molar-refractivity contribution in [2.45, 2.75) is 25.8 Å². The number of ether oxygens (including phenoxy) is 1. The number of hydrogen-bond acceptors (Lipinski definition) is 3. The lowest BCUT2D eigenvalue weighted by molar-refractivity contribution is -0.117. The van der Waals surface area contributed by atoms with Gasteiger partial charge in [0, 0.05) is 17.9 Å². The standard InChI is InChI=1S/C24H25N3O3/c1-15-14-25-24(29)27(15)21-6-4-5-20(13-21)26-23(28)16(2)17-7-8-19-12-22(30-3)10-9-18(19)11-17/h4-13,15-16H,14H2,1-3H3,(H,25,29)(H,26,28)/t15-,16-/m0/s1. The van der Waals surface area contributed by atoms with Gasteiger partial charge in [0.1, 0.15) is 5.75 Å². The molecule has 30 heavy (non-hydrogen) atoms. The fourth-order valence-corrected chi connectivity index (χ4v) is 3.76. The Morgan fingerprint density at radius 3 is 2.63 bits per heavy atom. The quantitative estimate of drug-likeness (QED) is 0.659. The first-order valence-electron chi connectivity index (χ1n) is 10.0. The Morgan fingerprint density at radius 1 is 1.13 bits per heavy atom. The van der Waals surface area contributed by atoms with Crippen molar-refractivity contribution in [2.75, 3.05) is 23.9 Å². The molecule has 6 heteroatoms. The lowest BCUT2D eigenvalue weighted by Gasteiger charge is -2.21. The molecular formula is C24H25N3O3. The molecule has 0 unspecified atom stereocenters. The van der Waals surface area contributed by atoms with Crippen molar-refractivity contribution in [2.24, 2.45) is 0 Å². The number of carbonyl (C=O) groups excluding carboxylic acids is 2. The van der Waals surface area contributed by atoms with Crippen molar-refractivity contribution >= 4 is 34.1 Å². The van der Waals surface area contributed by atoms with E-state index in [4.69, 9.17) is 4.74 Å². The molecule has 154 valence electrons. The average molecular weight is 403 g/mol. The largest absolute Gasteiger partial charge is 0.497 e. The van der Waals surface area contributed by atoms with E-state index in [0.29, 0.717) is 12.2 Å². The predicted octanol–water partition coefficient (Wildman–Crippen LogP) is 4.51. The molecule has 1 aliphatic heterocycles. The zero-order valence-corrected chi connectivity index (χ0v) is 17.3. The molecule has 4 rings (SSSR count). The topological polar surface area (TPSA) is 70.7 Å². The van der Waals surface area contributed by atoms with Crippen molar-refractivity contribution in [3.05, 3.63) is 66.2 Å². The van der Waals surface area contributed by atoms with Gasteiger partial charge >= 0.3 is 6.03 Å². The summed E-state index contributed by atoms with van der Waals surface area (Å²) >= 11 is 0. The van der Waals surface area contributed by atoms with Gasteiger partial charge in [0.25, 0.3) is 0 Å². The Balaban J connectivity index is 1.52. The second-order valence-electron chi connectivity index (χ2n) is 7.64. The first-order valence-corrected chi connectivity index (χ1v) is 10.0. The highest BCUT2D eigenvalue weighted by molar-refractivity contribution is 5.99. The minimum absolute atomic E-state index is 0.0681. The molecule has 3 amide bonds. The summed E-state index contributed by atoms with van der Waals surface area (Å²) in [6.07, 6.45) is 0. The zero-order chi connectivity index (χ0) is 21.3. The molecule has 0 bridgehead atoms. The maximum Gasteiger partial charge on any atom is 0.322 e. The summed E-state index contributed by atoms with van der Waals surface area (Å²) in [4.78, 5) is 26.7. The number of fused-ring (bicyclic) bond motifs is 1. The highest BCUT2D eigenvalue weighted by Gasteiger charge is 2.28. The van der Waals surface area contributed by atoms with Crippen molar-refractivity contribution in [3.63, 3.8) is 0 Å². The van der Waals surface area contributed by atoms with Crippen molar-refractivity contribution in [1.29, 1.82) is 0 Å². The number of carbonyl (C=O) groups is 2. The first kappa shape index (κ1) is 19.8. The summed E-state index contributed by atoms with van der Waals surface area (Å²) in [5.41, 5.74) is 2.37. The molecule has 0 aliphatic carbocycles. The third kappa shape index (κ3) is 3.81. The van der Waals surface area contributed by atoms with Crippen LogP contribution in [0, 0.1) is 0 Å². The summed E-state index contributed by atoms with van der Waals surface area (Å²) in [5, 5.41) is 7.94. The number of hydrogen-bond donors (Lipinski definition) is 2. The van der Waals surface area contributed by atoms with E-state index in [1.165, 1.54) is 0 Å². The van der Waals surface area contributed by atoms with Gasteiger partial charge in [-0.2, -0.15) is 0 Å². The molecule has 1 aliphatic rings. The fourth-order valence-electron chi connectivity index (χ4n) is 3.76. The van der Waals surface area contributed by atoms with Crippen LogP contribution in [0.2, 0.25) is 0 Å². The number of anilines is 2. The van der Waals surface area contributed by atoms with Gasteiger partial charge in [0.2, 0.25) is 5.91 Å². The van der Waals surface area contributed by atoms with E-state index in [2.05, 4.69) is 10.6 Å². The minimum atomic E-state index is -0.325. The van der Waals surface area contributed by atoms with Crippen LogP contribution in [0.4, 0.5) is 16.2 Å². The third-order valence-electron chi connectivity index (χ3n) is 5.56. The number of amides is 3. The molecule has 0 spiro atoms. The Kier molecular flexibility index (Phi) is 5.31. The van der Waals surface area contributed by atoms with Crippen molar-refractivity contribution in [1.82, 2.24) is 5.32 Å². The van der Waals surface area contributed by atoms with Crippen LogP contribution in [0.15, 0.2) is 60.7 Å². The molecule has 2 atom stereocenters. The summed E-state index contributed by atoms with van der Waals surface area (Å²) in [6, 6.07) is 19.2. The summed E-state index contributed by atoms with van der Waals surface area (Å²) in [7, 11) is 1.65. The second kappa shape index (κ2) is 8.06. The van der Waals surface area contributed by atoms with Gasteiger partial charge in [-0.15, -0.1) is 0 Å². The maximum atomic E-state index is 12.9. The van der Waals surface area contributed by atoms with Crippen LogP contribution in [0.25, 0.3) is 10.8 Å². The van der Waals surface area contributed by atoms with Gasteiger partial charge < -0.3 is 15.4 Å². The number of nitrogens with zero attached hydrogens (tertiary/aromatic N) is 1. The van der Waals surface area contributed by atoms with Crippen LogP contribution in [0.3, 0.4) is 0 Å². The summed E-state index contributed by atoms with van der Waals surface area (Å²) in [5.74, 6) is 0.384. The molecule has 2 N–H and O–H groups in total. The maximum absolute atomic E-state index is 12.9. The molecule has 1 saturated heterocycles. The van der Waals surface area contributed by atoms with Crippen molar-refractivity contribution < 1.29 is 14.3 Å². The summed E-state index contributed by atoms with van der Waals surface area (Å²) < 4.78 is 5.27. The number of rotatable bonds is 5. The van der Waals surface area contributed by atoms with E-state index in [0.717, 1.165) is 27.8 Å². The Bertz CT molecular complexity index is 1110. The lowest BCUT2D eigenvalue weighted by atomic mass is 9.97. The van der Waals surface area contributed by atoms with E-state index in [9.17, 15) is 9.59 Å². The predicted molar refractivity (Wildman–Crippen MR) is 119 cm³/mol. The van der Waals surface area contributed by atoms with Gasteiger partial charge in [-0.25, -0.2) is 4.79 Å². The normalized spacial score (nSPS) is 17.0. The molecule has 0 aromatic heterocycles. The molecule has 0 radical (unpaired) electrons. The summed E-state index contributed by atoms with van der Waals surface area (Å²) in [6.45, 7) is 4.49. The van der Waals surface area contributed by atoms with E-state index >= 15 is 0 Å². The van der Waals surface area contributed by atoms with Crippen LogP contribution in [0.1, 0.15) is 25.3 Å². The molecule has 3 aromatic rings. The Labute approximate surface area is 175 Å². The molecule has 1 fully saturated rings. The van der Waals surface area contributed by atoms with Crippen LogP contribution < -0.4 is 20.3 Å². The first-order chi connectivity index (χ1) is 14.5. The Hall–Kier alpha value is -3.54. The average Bonchev–Trinajstić information content (AvgIpc) is 3.10. The van der Waals surface area contributed by atoms with E-state index in [-0.39, 0.29) is 23.9 Å². The number of benzene rings is 3. The van der Waals surface area contributed by atoms with E-state index in [1.807, 2.05) is 74.5 Å². The van der Waals surface area contributed by atoms with Crippen LogP contribution in [0.5, 0.6) is 5.75 Å². The highest BCUT2D eigenvalue weighted by atomic mass is 16.5. The monoisotopic (exact) mass is 403 g/mol. The number of methoxy groups -OCH3 is 1. The molecular weight excluding hydrogens is 378 g/mol. The molecule has 6 nitrogen and oxygen atoms in total. The SMILES string of the molecule is COc1ccc2cc([C@H](C)C(=O)Nc3cccc(N4C(=O)NC[C@@H]4C)c3)ccc2c1. The highest BCUT2D eigenvalue weighted by Crippen LogP contribution is 2.27. The fraction of sp³-hybridized carbons (Fsp3) is 0.250. The van der Waals surface area contributed by atoms with Crippen LogP contribution in [-0.4, -0.2) is 31.6 Å². The van der Waals surface area contributed by atoms with E-state index < -0.39 is 0 Å². The lowest BCUT2D eigenvalue weighted by Crippen LogP contribution is -2.32. The third-order valence-corrected chi connectivity index (χ3v) is 5.56. The Morgan fingerprint density at radius 2 is 1.90 bits per heavy atom. The zero-order valence-electron chi connectivity index (χ0n) is 17.3. The van der Waals surface area contributed by atoms with Gasteiger partial charge in [-0.1, -0.05) is 30.3 Å². The van der Waals surface area contributed by atoms with Gasteiger partial charge in [-0.3, -0.25) is 9.69 Å². The van der Waals surface area contributed by atoms with Gasteiger partial charge in [-0.05, 0) is 60.5 Å². The van der Waals surface area contributed by atoms with Crippen LogP contribution >= 0.6 is 0 Å². The van der Waals surface area contributed by atoms with Gasteiger partial charge in [0.15, 0.2) is 0 Å². The molecule has 1 heterocycles. The molecule has 0 saturated carbocycles. The second-order valence-corrected chi connectivity index (χ2v) is 7.64. The smallest absolute Gasteiger partial charge is 0.322 e. The van der Waals surface area contributed by atoms with Crippen LogP contribution in [-0.2, 0) is 4.79 Å². The van der Waals surface area contributed by atoms with E-state index in [1.54, 1.807) is 12.0 Å². The van der Waals surface area contributed by atoms with Crippen molar-refractivity contribution in [3.8, 4) is 5.75 Å².